The number of hydrogen-bond acceptors (Lipinski definition) is 5. The van der Waals surface area contributed by atoms with Crippen LogP contribution in [0.3, 0.4) is 0 Å². The molecule has 0 radical (unpaired) electrons. The van der Waals surface area contributed by atoms with Crippen LogP contribution in [0.15, 0.2) is 72.9 Å². The predicted molar refractivity (Wildman–Crippen MR) is 288 cm³/mol. The summed E-state index contributed by atoms with van der Waals surface area (Å²) in [6.45, 7) is 7.59. The van der Waals surface area contributed by atoms with Crippen molar-refractivity contribution in [1.29, 1.82) is 0 Å². The summed E-state index contributed by atoms with van der Waals surface area (Å²) in [5.41, 5.74) is 0. The standard InChI is InChI=1S/C61H108O5/c1-4-7-10-13-16-19-22-25-28-31-33-36-39-42-45-48-51-54-60(62)65-57-59(64-56-53-50-47-44-41-38-35-30-27-24-21-18-15-12-9-6-3)58-66-61(63)55-52-49-46-43-40-37-34-32-29-26-23-20-17-14-11-8-5-2/h7,10,16-17,19-20,25-26,28-29,33,36,59H,4-6,8-9,11-15,18,21-24,27,30-32,34-35,37-58H2,1-3H3/b10-7-,19-16-,20-17-,28-25-,29-26-,36-33-/t59-/m1/s1. The fourth-order valence-corrected chi connectivity index (χ4v) is 7.98. The van der Waals surface area contributed by atoms with Gasteiger partial charge >= 0.3 is 11.9 Å². The first-order valence-electron chi connectivity index (χ1n) is 28.5. The van der Waals surface area contributed by atoms with E-state index in [1.165, 1.54) is 148 Å². The smallest absolute Gasteiger partial charge is 0.305 e. The van der Waals surface area contributed by atoms with Crippen LogP contribution in [0.4, 0.5) is 0 Å². The molecule has 0 bridgehead atoms. The van der Waals surface area contributed by atoms with E-state index in [1.54, 1.807) is 0 Å². The molecule has 1 atom stereocenters. The van der Waals surface area contributed by atoms with Gasteiger partial charge in [0.2, 0.25) is 0 Å². The summed E-state index contributed by atoms with van der Waals surface area (Å²) in [5.74, 6) is -0.362. The van der Waals surface area contributed by atoms with Gasteiger partial charge in [0.1, 0.15) is 19.3 Å². The van der Waals surface area contributed by atoms with E-state index >= 15 is 0 Å². The number of unbranched alkanes of at least 4 members (excludes halogenated alkanes) is 29. The monoisotopic (exact) mass is 921 g/mol. The minimum absolute atomic E-state index is 0.142. The van der Waals surface area contributed by atoms with Gasteiger partial charge in [0.15, 0.2) is 0 Å². The van der Waals surface area contributed by atoms with Gasteiger partial charge in [-0.1, -0.05) is 248 Å². The van der Waals surface area contributed by atoms with E-state index in [9.17, 15) is 9.59 Å². The zero-order chi connectivity index (χ0) is 47.7. The third-order valence-electron chi connectivity index (χ3n) is 12.3. The van der Waals surface area contributed by atoms with Crippen LogP contribution >= 0.6 is 0 Å². The second kappa shape index (κ2) is 56.7. The van der Waals surface area contributed by atoms with Gasteiger partial charge in [0.25, 0.3) is 0 Å². The summed E-state index contributed by atoms with van der Waals surface area (Å²) in [4.78, 5) is 25.3. The highest BCUT2D eigenvalue weighted by Crippen LogP contribution is 2.15. The molecule has 0 aliphatic heterocycles. The van der Waals surface area contributed by atoms with Gasteiger partial charge in [-0.3, -0.25) is 9.59 Å². The Bertz CT molecular complexity index is 1180. The molecule has 0 fully saturated rings. The topological polar surface area (TPSA) is 61.8 Å². The minimum Gasteiger partial charge on any atom is -0.463 e. The number of carbonyl (C=O) groups is 2. The van der Waals surface area contributed by atoms with Crippen LogP contribution in [-0.2, 0) is 23.8 Å². The van der Waals surface area contributed by atoms with Gasteiger partial charge in [-0.15, -0.1) is 0 Å². The molecular weight excluding hydrogens is 813 g/mol. The Morgan fingerprint density at radius 2 is 0.621 bits per heavy atom. The highest BCUT2D eigenvalue weighted by molar-refractivity contribution is 5.69. The van der Waals surface area contributed by atoms with E-state index in [1.807, 2.05) is 0 Å². The Hall–Kier alpha value is -2.66. The molecule has 0 aromatic rings. The van der Waals surface area contributed by atoms with Crippen molar-refractivity contribution in [3.63, 3.8) is 0 Å². The van der Waals surface area contributed by atoms with Crippen molar-refractivity contribution < 1.29 is 23.8 Å². The van der Waals surface area contributed by atoms with Crippen molar-refractivity contribution in [1.82, 2.24) is 0 Å². The molecule has 0 rings (SSSR count). The molecule has 0 aromatic heterocycles. The second-order valence-electron chi connectivity index (χ2n) is 18.8. The number of hydrogen-bond donors (Lipinski definition) is 0. The van der Waals surface area contributed by atoms with Gasteiger partial charge < -0.3 is 14.2 Å². The lowest BCUT2D eigenvalue weighted by molar-refractivity contribution is -0.155. The molecule has 0 amide bonds. The Morgan fingerprint density at radius 3 is 1.00 bits per heavy atom. The highest BCUT2D eigenvalue weighted by atomic mass is 16.6. The molecule has 5 nitrogen and oxygen atoms in total. The van der Waals surface area contributed by atoms with Crippen LogP contribution in [0.25, 0.3) is 0 Å². The van der Waals surface area contributed by atoms with E-state index in [-0.39, 0.29) is 25.2 Å². The molecule has 0 spiro atoms. The number of rotatable bonds is 52. The molecule has 0 saturated carbocycles. The fraction of sp³-hybridized carbons (Fsp3) is 0.770. The zero-order valence-electron chi connectivity index (χ0n) is 44.0. The van der Waals surface area contributed by atoms with Crippen LogP contribution in [0.1, 0.15) is 278 Å². The van der Waals surface area contributed by atoms with Gasteiger partial charge in [0.05, 0.1) is 0 Å². The van der Waals surface area contributed by atoms with Crippen LogP contribution in [0.2, 0.25) is 0 Å². The largest absolute Gasteiger partial charge is 0.463 e. The van der Waals surface area contributed by atoms with Crippen molar-refractivity contribution in [2.75, 3.05) is 19.8 Å². The van der Waals surface area contributed by atoms with Crippen molar-refractivity contribution in [3.05, 3.63) is 72.9 Å². The first-order valence-corrected chi connectivity index (χ1v) is 28.5. The Balaban J connectivity index is 4.31. The first-order chi connectivity index (χ1) is 32.6. The summed E-state index contributed by atoms with van der Waals surface area (Å²) in [6.07, 6.45) is 73.6. The Morgan fingerprint density at radius 1 is 0.333 bits per heavy atom. The Labute approximate surface area is 410 Å². The van der Waals surface area contributed by atoms with Crippen LogP contribution < -0.4 is 0 Å². The summed E-state index contributed by atoms with van der Waals surface area (Å²) < 4.78 is 17.5. The molecule has 0 aromatic carbocycles. The summed E-state index contributed by atoms with van der Waals surface area (Å²) in [5, 5.41) is 0. The summed E-state index contributed by atoms with van der Waals surface area (Å²) in [6, 6.07) is 0. The maximum absolute atomic E-state index is 12.7. The third kappa shape index (κ3) is 54.0. The lowest BCUT2D eigenvalue weighted by atomic mass is 10.0. The second-order valence-corrected chi connectivity index (χ2v) is 18.8. The van der Waals surface area contributed by atoms with Crippen molar-refractivity contribution in [2.45, 2.75) is 284 Å². The maximum Gasteiger partial charge on any atom is 0.305 e. The van der Waals surface area contributed by atoms with Gasteiger partial charge in [-0.05, 0) is 89.9 Å². The van der Waals surface area contributed by atoms with Crippen molar-refractivity contribution in [3.8, 4) is 0 Å². The van der Waals surface area contributed by atoms with Crippen molar-refractivity contribution >= 4 is 11.9 Å². The molecule has 0 unspecified atom stereocenters. The third-order valence-corrected chi connectivity index (χ3v) is 12.3. The van der Waals surface area contributed by atoms with Crippen LogP contribution in [0, 0.1) is 0 Å². The number of carbonyl (C=O) groups excluding carboxylic acids is 2. The maximum atomic E-state index is 12.7. The SMILES string of the molecule is CC/C=C\C/C=C\C/C=C\C/C=C\CCCCCCC(=O)OC[C@H](COC(=O)CCCCCCCCC/C=C\C/C=C\CCCCC)OCCCCCCCCCCCCCCCCCC. The Kier molecular flexibility index (Phi) is 54.4. The van der Waals surface area contributed by atoms with E-state index in [0.29, 0.717) is 19.4 Å². The molecule has 382 valence electrons. The number of esters is 2. The van der Waals surface area contributed by atoms with E-state index in [0.717, 1.165) is 96.3 Å². The lowest BCUT2D eigenvalue weighted by Gasteiger charge is -2.18. The van der Waals surface area contributed by atoms with Crippen LogP contribution in [-0.4, -0.2) is 37.9 Å². The predicted octanol–water partition coefficient (Wildman–Crippen LogP) is 19.5. The molecular formula is C61H108O5. The number of allylic oxidation sites excluding steroid dienone is 12. The summed E-state index contributed by atoms with van der Waals surface area (Å²) >= 11 is 0. The molecule has 0 aliphatic rings. The zero-order valence-corrected chi connectivity index (χ0v) is 44.0. The highest BCUT2D eigenvalue weighted by Gasteiger charge is 2.16. The quantitative estimate of drug-likeness (QED) is 0.0346. The van der Waals surface area contributed by atoms with Crippen LogP contribution in [0.5, 0.6) is 0 Å². The van der Waals surface area contributed by atoms with E-state index < -0.39 is 6.10 Å². The van der Waals surface area contributed by atoms with Gasteiger partial charge in [-0.25, -0.2) is 0 Å². The lowest BCUT2D eigenvalue weighted by Crippen LogP contribution is -2.29. The molecule has 0 saturated heterocycles. The van der Waals surface area contributed by atoms with Gasteiger partial charge in [0, 0.05) is 19.4 Å². The van der Waals surface area contributed by atoms with E-state index in [4.69, 9.17) is 14.2 Å². The van der Waals surface area contributed by atoms with Gasteiger partial charge in [-0.2, -0.15) is 0 Å². The number of ether oxygens (including phenoxy) is 3. The minimum atomic E-state index is -0.415. The van der Waals surface area contributed by atoms with E-state index in [2.05, 4.69) is 93.7 Å². The average molecular weight is 922 g/mol. The van der Waals surface area contributed by atoms with Crippen molar-refractivity contribution in [2.24, 2.45) is 0 Å². The molecule has 5 heteroatoms. The first kappa shape index (κ1) is 63.3. The molecule has 0 aliphatic carbocycles. The molecule has 0 heterocycles. The normalized spacial score (nSPS) is 12.7. The molecule has 66 heavy (non-hydrogen) atoms. The fourth-order valence-electron chi connectivity index (χ4n) is 7.98. The average Bonchev–Trinajstić information content (AvgIpc) is 3.32. The summed E-state index contributed by atoms with van der Waals surface area (Å²) in [7, 11) is 0. The molecule has 0 N–H and O–H groups in total.